The smallest absolute Gasteiger partial charge is 0.240 e. The number of carbonyl (C=O) groups is 1. The van der Waals surface area contributed by atoms with Crippen LogP contribution in [0.3, 0.4) is 0 Å². The van der Waals surface area contributed by atoms with E-state index in [1.165, 1.54) is 50.7 Å². The zero-order valence-corrected chi connectivity index (χ0v) is 19.2. The Balaban J connectivity index is 1.20. The third-order valence-electron chi connectivity index (χ3n) is 7.70. The van der Waals surface area contributed by atoms with Crippen molar-refractivity contribution in [3.63, 3.8) is 0 Å². The van der Waals surface area contributed by atoms with Crippen LogP contribution in [0.25, 0.3) is 0 Å². The molecule has 1 amide bonds. The molecule has 5 fully saturated rings. The van der Waals surface area contributed by atoms with Gasteiger partial charge in [0.1, 0.15) is 0 Å². The Morgan fingerprint density at radius 1 is 1.00 bits per heavy atom. The van der Waals surface area contributed by atoms with E-state index in [1.54, 1.807) is 12.1 Å². The topological polar surface area (TPSA) is 109 Å². The molecule has 5 aliphatic rings. The van der Waals surface area contributed by atoms with E-state index >= 15 is 0 Å². The lowest BCUT2D eigenvalue weighted by atomic mass is 9.49. The van der Waals surface area contributed by atoms with Gasteiger partial charge in [-0.15, -0.1) is 0 Å². The molecule has 1 unspecified atom stereocenters. The molecule has 1 aromatic rings. The number of amides is 1. The maximum absolute atomic E-state index is 12.8. The molecule has 1 heterocycles. The van der Waals surface area contributed by atoms with Gasteiger partial charge in [-0.3, -0.25) is 4.79 Å². The molecule has 1 aromatic carbocycles. The summed E-state index contributed by atoms with van der Waals surface area (Å²) in [4.78, 5) is 12.8. The second-order valence-electron chi connectivity index (χ2n) is 10.4. The number of carbonyl (C=O) groups excluding carboxylic acids is 1. The van der Waals surface area contributed by atoms with Crippen molar-refractivity contribution in [2.45, 2.75) is 62.3 Å². The minimum atomic E-state index is -3.80. The van der Waals surface area contributed by atoms with Crippen molar-refractivity contribution in [3.8, 4) is 0 Å². The lowest BCUT2D eigenvalue weighted by Gasteiger charge is -2.56. The molecule has 4 bridgehead atoms. The molecular formula is C22H30N2O5S2. The first kappa shape index (κ1) is 21.4. The molecule has 9 heteroatoms. The second kappa shape index (κ2) is 7.56. The van der Waals surface area contributed by atoms with Crippen LogP contribution in [0.1, 0.15) is 51.4 Å². The molecule has 170 valence electrons. The lowest BCUT2D eigenvalue weighted by Crippen LogP contribution is -2.47. The third-order valence-corrected chi connectivity index (χ3v) is 11.0. The van der Waals surface area contributed by atoms with Gasteiger partial charge in [-0.1, -0.05) is 0 Å². The molecule has 2 N–H and O–H groups in total. The van der Waals surface area contributed by atoms with Crippen LogP contribution in [0.15, 0.2) is 29.2 Å². The van der Waals surface area contributed by atoms with E-state index < -0.39 is 25.9 Å². The zero-order valence-electron chi connectivity index (χ0n) is 17.5. The van der Waals surface area contributed by atoms with Gasteiger partial charge in [-0.2, -0.15) is 0 Å². The second-order valence-corrected chi connectivity index (χ2v) is 14.3. The zero-order chi connectivity index (χ0) is 21.9. The van der Waals surface area contributed by atoms with Crippen LogP contribution in [-0.4, -0.2) is 40.3 Å². The van der Waals surface area contributed by atoms with E-state index in [9.17, 15) is 21.6 Å². The number of hydrogen-bond acceptors (Lipinski definition) is 5. The number of anilines is 1. The van der Waals surface area contributed by atoms with E-state index in [2.05, 4.69) is 10.0 Å². The van der Waals surface area contributed by atoms with Crippen LogP contribution < -0.4 is 10.0 Å². The summed E-state index contributed by atoms with van der Waals surface area (Å²) >= 11 is 0. The number of sulfone groups is 1. The summed E-state index contributed by atoms with van der Waals surface area (Å²) in [6.07, 6.45) is 8.39. The molecule has 1 saturated heterocycles. The van der Waals surface area contributed by atoms with Gasteiger partial charge in [-0.05, 0) is 92.4 Å². The summed E-state index contributed by atoms with van der Waals surface area (Å²) in [5.74, 6) is 2.24. The van der Waals surface area contributed by atoms with Crippen molar-refractivity contribution < 1.29 is 21.6 Å². The molecule has 6 rings (SSSR count). The molecule has 4 saturated carbocycles. The average molecular weight is 467 g/mol. The summed E-state index contributed by atoms with van der Waals surface area (Å²) in [6, 6.07) is 5.50. The Bertz CT molecular complexity index is 1040. The van der Waals surface area contributed by atoms with Crippen LogP contribution in [-0.2, 0) is 24.7 Å². The van der Waals surface area contributed by atoms with Gasteiger partial charge in [0, 0.05) is 18.2 Å². The summed E-state index contributed by atoms with van der Waals surface area (Å²) in [6.45, 7) is 0. The highest BCUT2D eigenvalue weighted by molar-refractivity contribution is 7.92. The molecular weight excluding hydrogens is 436 g/mol. The Labute approximate surface area is 184 Å². The number of sulfonamides is 1. The maximum Gasteiger partial charge on any atom is 0.240 e. The first-order valence-electron chi connectivity index (χ1n) is 11.2. The van der Waals surface area contributed by atoms with Crippen molar-refractivity contribution in [2.75, 3.05) is 16.8 Å². The summed E-state index contributed by atoms with van der Waals surface area (Å²) in [5.41, 5.74) is 0.741. The Hall–Kier alpha value is -1.45. The highest BCUT2D eigenvalue weighted by atomic mass is 32.2. The first-order valence-corrected chi connectivity index (χ1v) is 14.5. The van der Waals surface area contributed by atoms with E-state index in [1.807, 2.05) is 0 Å². The quantitative estimate of drug-likeness (QED) is 0.670. The number of rotatable bonds is 6. The highest BCUT2D eigenvalue weighted by Crippen LogP contribution is 2.61. The Kier molecular flexibility index (Phi) is 5.22. The molecule has 4 aliphatic carbocycles. The van der Waals surface area contributed by atoms with E-state index in [-0.39, 0.29) is 27.7 Å². The van der Waals surface area contributed by atoms with Crippen molar-refractivity contribution in [3.05, 3.63) is 24.3 Å². The van der Waals surface area contributed by atoms with E-state index in [0.29, 0.717) is 18.5 Å². The molecule has 0 aromatic heterocycles. The number of nitrogens with one attached hydrogen (secondary N) is 2. The molecule has 7 nitrogen and oxygen atoms in total. The molecule has 1 aliphatic heterocycles. The minimum absolute atomic E-state index is 0.00634. The van der Waals surface area contributed by atoms with Crippen LogP contribution in [0, 0.1) is 23.2 Å². The predicted octanol–water partition coefficient (Wildman–Crippen LogP) is 2.70. The normalized spacial score (nSPS) is 35.9. The Morgan fingerprint density at radius 2 is 1.58 bits per heavy atom. The third kappa shape index (κ3) is 4.54. The summed E-state index contributed by atoms with van der Waals surface area (Å²) in [7, 11) is -6.97. The SMILES string of the molecule is O=C(CC12CC3CC(CC(C3)C1)C2)Nc1ccc(S(=O)(=O)NC2CCS(=O)(=O)C2)cc1. The van der Waals surface area contributed by atoms with Gasteiger partial charge in [0.05, 0.1) is 16.4 Å². The highest BCUT2D eigenvalue weighted by Gasteiger charge is 2.51. The van der Waals surface area contributed by atoms with Crippen LogP contribution in [0.2, 0.25) is 0 Å². The van der Waals surface area contributed by atoms with Gasteiger partial charge >= 0.3 is 0 Å². The van der Waals surface area contributed by atoms with Crippen molar-refractivity contribution >= 4 is 31.5 Å². The Morgan fingerprint density at radius 3 is 2.10 bits per heavy atom. The number of benzene rings is 1. The molecule has 31 heavy (non-hydrogen) atoms. The summed E-state index contributed by atoms with van der Waals surface area (Å²) < 4.78 is 50.7. The largest absolute Gasteiger partial charge is 0.326 e. The van der Waals surface area contributed by atoms with Gasteiger partial charge in [0.25, 0.3) is 0 Å². The van der Waals surface area contributed by atoms with Gasteiger partial charge in [0.2, 0.25) is 15.9 Å². The van der Waals surface area contributed by atoms with Gasteiger partial charge in [-0.25, -0.2) is 21.6 Å². The predicted molar refractivity (Wildman–Crippen MR) is 118 cm³/mol. The van der Waals surface area contributed by atoms with Crippen molar-refractivity contribution in [1.29, 1.82) is 0 Å². The standard InChI is InChI=1S/C22H30N2O5S2/c25-21(13-22-10-15-7-16(11-22)9-17(8-15)12-22)23-18-1-3-20(4-2-18)31(28,29)24-19-5-6-30(26,27)14-19/h1-4,15-17,19,24H,5-14H2,(H,23,25). The lowest BCUT2D eigenvalue weighted by molar-refractivity contribution is -0.124. The van der Waals surface area contributed by atoms with Crippen LogP contribution in [0.5, 0.6) is 0 Å². The fourth-order valence-electron chi connectivity index (χ4n) is 6.95. The van der Waals surface area contributed by atoms with E-state index in [4.69, 9.17) is 0 Å². The average Bonchev–Trinajstić information content (AvgIpc) is 2.98. The van der Waals surface area contributed by atoms with Crippen molar-refractivity contribution in [2.24, 2.45) is 23.2 Å². The van der Waals surface area contributed by atoms with Gasteiger partial charge < -0.3 is 5.32 Å². The van der Waals surface area contributed by atoms with Crippen LogP contribution >= 0.6 is 0 Å². The van der Waals surface area contributed by atoms with Crippen LogP contribution in [0.4, 0.5) is 5.69 Å². The molecule has 1 atom stereocenters. The van der Waals surface area contributed by atoms with Crippen molar-refractivity contribution in [1.82, 2.24) is 4.72 Å². The summed E-state index contributed by atoms with van der Waals surface area (Å²) in [5, 5.41) is 2.95. The minimum Gasteiger partial charge on any atom is -0.326 e. The maximum atomic E-state index is 12.8. The van der Waals surface area contributed by atoms with Gasteiger partial charge in [0.15, 0.2) is 9.84 Å². The molecule has 0 spiro atoms. The number of hydrogen-bond donors (Lipinski definition) is 2. The monoisotopic (exact) mass is 466 g/mol. The fourth-order valence-corrected chi connectivity index (χ4v) is 9.99. The molecule has 0 radical (unpaired) electrons. The first-order chi connectivity index (χ1) is 14.6. The van der Waals surface area contributed by atoms with E-state index in [0.717, 1.165) is 17.8 Å². The fraction of sp³-hybridized carbons (Fsp3) is 0.682.